The molecule has 0 aliphatic heterocycles. The zero-order valence-corrected chi connectivity index (χ0v) is 9.14. The second-order valence-corrected chi connectivity index (χ2v) is 3.70. The second-order valence-electron chi connectivity index (χ2n) is 2.79. The molecule has 0 atom stereocenters. The second kappa shape index (κ2) is 5.79. The summed E-state index contributed by atoms with van der Waals surface area (Å²) < 4.78 is 13.5. The van der Waals surface area contributed by atoms with Gasteiger partial charge in [-0.3, -0.25) is 0 Å². The molecule has 0 fully saturated rings. The molecule has 0 unspecified atom stereocenters. The van der Waals surface area contributed by atoms with Crippen LogP contribution in [0.1, 0.15) is 18.4 Å². The van der Waals surface area contributed by atoms with Gasteiger partial charge < -0.3 is 5.11 Å². The molecule has 3 heteroatoms. The summed E-state index contributed by atoms with van der Waals surface area (Å²) in [6.45, 7) is 0.140. The molecule has 0 amide bonds. The highest BCUT2D eigenvalue weighted by molar-refractivity contribution is 9.10. The van der Waals surface area contributed by atoms with Gasteiger partial charge in [0, 0.05) is 23.1 Å². The van der Waals surface area contributed by atoms with E-state index in [1.165, 1.54) is 12.1 Å². The Morgan fingerprint density at radius 3 is 2.79 bits per heavy atom. The molecule has 74 valence electrons. The lowest BCUT2D eigenvalue weighted by molar-refractivity contribution is 0.290. The molecule has 0 heterocycles. The Kier molecular flexibility index (Phi) is 4.64. The maximum Gasteiger partial charge on any atom is 0.125 e. The van der Waals surface area contributed by atoms with Crippen LogP contribution in [0.2, 0.25) is 0 Å². The lowest BCUT2D eigenvalue weighted by Crippen LogP contribution is -1.81. The minimum absolute atomic E-state index is 0.140. The van der Waals surface area contributed by atoms with Crippen LogP contribution in [0.15, 0.2) is 22.7 Å². The van der Waals surface area contributed by atoms with Crippen LogP contribution in [0, 0.1) is 17.7 Å². The van der Waals surface area contributed by atoms with E-state index in [-0.39, 0.29) is 12.4 Å². The highest BCUT2D eigenvalue weighted by Crippen LogP contribution is 2.13. The predicted molar refractivity (Wildman–Crippen MR) is 57.3 cm³/mol. The van der Waals surface area contributed by atoms with E-state index < -0.39 is 0 Å². The van der Waals surface area contributed by atoms with E-state index in [0.717, 1.165) is 0 Å². The van der Waals surface area contributed by atoms with Crippen molar-refractivity contribution < 1.29 is 9.50 Å². The fourth-order valence-electron chi connectivity index (χ4n) is 0.958. The summed E-state index contributed by atoms with van der Waals surface area (Å²) in [5, 5.41) is 8.52. The van der Waals surface area contributed by atoms with Crippen molar-refractivity contribution in [3.63, 3.8) is 0 Å². The van der Waals surface area contributed by atoms with Crippen molar-refractivity contribution in [2.75, 3.05) is 6.61 Å². The number of rotatable bonds is 2. The highest BCUT2D eigenvalue weighted by atomic mass is 79.9. The van der Waals surface area contributed by atoms with E-state index in [1.54, 1.807) is 6.07 Å². The quantitative estimate of drug-likeness (QED) is 0.638. The van der Waals surface area contributed by atoms with Crippen LogP contribution >= 0.6 is 15.9 Å². The van der Waals surface area contributed by atoms with Gasteiger partial charge in [0.15, 0.2) is 0 Å². The predicted octanol–water partition coefficient (Wildman–Crippen LogP) is 2.71. The Bertz CT molecular complexity index is 345. The van der Waals surface area contributed by atoms with Crippen LogP contribution in [-0.4, -0.2) is 11.7 Å². The van der Waals surface area contributed by atoms with E-state index in [0.29, 0.717) is 22.9 Å². The van der Waals surface area contributed by atoms with Crippen molar-refractivity contribution in [3.05, 3.63) is 34.1 Å². The molecule has 0 spiro atoms. The number of halogens is 2. The van der Waals surface area contributed by atoms with Crippen molar-refractivity contribution in [3.8, 4) is 11.8 Å². The molecule has 0 aliphatic carbocycles. The molecule has 1 aromatic rings. The van der Waals surface area contributed by atoms with E-state index >= 15 is 0 Å². The van der Waals surface area contributed by atoms with Gasteiger partial charge in [-0.25, -0.2) is 4.39 Å². The summed E-state index contributed by atoms with van der Waals surface area (Å²) in [5.74, 6) is 5.39. The zero-order valence-electron chi connectivity index (χ0n) is 7.56. The third-order valence-corrected chi connectivity index (χ3v) is 2.01. The van der Waals surface area contributed by atoms with E-state index in [1.807, 2.05) is 0 Å². The number of hydrogen-bond donors (Lipinski definition) is 1. The zero-order chi connectivity index (χ0) is 10.4. The van der Waals surface area contributed by atoms with Crippen LogP contribution in [0.4, 0.5) is 4.39 Å². The molecule has 0 saturated carbocycles. The Balaban J connectivity index is 2.69. The average molecular weight is 257 g/mol. The summed E-state index contributed by atoms with van der Waals surface area (Å²) in [7, 11) is 0. The number of hydrogen-bond acceptors (Lipinski definition) is 1. The molecule has 1 nitrogen and oxygen atoms in total. The third kappa shape index (κ3) is 3.91. The van der Waals surface area contributed by atoms with E-state index in [4.69, 9.17) is 5.11 Å². The number of aliphatic hydroxyl groups excluding tert-OH is 1. The van der Waals surface area contributed by atoms with Gasteiger partial charge in [0.2, 0.25) is 0 Å². The average Bonchev–Trinajstić information content (AvgIpc) is 2.11. The van der Waals surface area contributed by atoms with Gasteiger partial charge in [0.25, 0.3) is 0 Å². The van der Waals surface area contributed by atoms with Gasteiger partial charge in [-0.15, -0.1) is 0 Å². The van der Waals surface area contributed by atoms with Crippen molar-refractivity contribution in [1.82, 2.24) is 0 Å². The van der Waals surface area contributed by atoms with Gasteiger partial charge in [-0.05, 0) is 24.6 Å². The summed E-state index contributed by atoms with van der Waals surface area (Å²) >= 11 is 3.19. The molecule has 14 heavy (non-hydrogen) atoms. The Hall–Kier alpha value is -0.850. The molecular weight excluding hydrogens is 247 g/mol. The van der Waals surface area contributed by atoms with Crippen LogP contribution in [0.25, 0.3) is 0 Å². The molecule has 1 N–H and O–H groups in total. The molecule has 0 aromatic heterocycles. The molecule has 0 saturated heterocycles. The Morgan fingerprint density at radius 2 is 2.14 bits per heavy atom. The first kappa shape index (κ1) is 11.2. The third-order valence-electron chi connectivity index (χ3n) is 1.56. The topological polar surface area (TPSA) is 20.2 Å². The fourth-order valence-corrected chi connectivity index (χ4v) is 1.42. The van der Waals surface area contributed by atoms with Crippen LogP contribution in [0.5, 0.6) is 0 Å². The molecule has 1 rings (SSSR count). The Morgan fingerprint density at radius 1 is 1.36 bits per heavy atom. The van der Waals surface area contributed by atoms with Gasteiger partial charge in [-0.1, -0.05) is 27.8 Å². The standard InChI is InChI=1S/C11H10BrFO/c12-10-6-9(7-11(13)8-10)4-2-1-3-5-14/h6-8,14H,1,3,5H2. The van der Waals surface area contributed by atoms with Crippen LogP contribution in [0.3, 0.4) is 0 Å². The fraction of sp³-hybridized carbons (Fsp3) is 0.273. The van der Waals surface area contributed by atoms with Crippen molar-refractivity contribution in [2.45, 2.75) is 12.8 Å². The highest BCUT2D eigenvalue weighted by Gasteiger charge is 1.95. The SMILES string of the molecule is OCCCC#Cc1cc(F)cc(Br)c1. The number of benzene rings is 1. The first-order valence-electron chi connectivity index (χ1n) is 4.28. The first-order chi connectivity index (χ1) is 6.72. The first-order valence-corrected chi connectivity index (χ1v) is 5.07. The van der Waals surface area contributed by atoms with Crippen molar-refractivity contribution in [1.29, 1.82) is 0 Å². The Labute approximate surface area is 91.1 Å². The van der Waals surface area contributed by atoms with Crippen LogP contribution in [-0.2, 0) is 0 Å². The maximum atomic E-state index is 12.9. The number of aliphatic hydroxyl groups is 1. The molecule has 0 aliphatic rings. The lowest BCUT2D eigenvalue weighted by atomic mass is 10.2. The summed E-state index contributed by atoms with van der Waals surface area (Å²) in [5.41, 5.74) is 0.648. The van der Waals surface area contributed by atoms with Gasteiger partial charge >= 0.3 is 0 Å². The minimum atomic E-state index is -0.300. The van der Waals surface area contributed by atoms with Crippen molar-refractivity contribution in [2.24, 2.45) is 0 Å². The summed E-state index contributed by atoms with van der Waals surface area (Å²) in [6, 6.07) is 4.53. The largest absolute Gasteiger partial charge is 0.396 e. The van der Waals surface area contributed by atoms with Gasteiger partial charge in [0.1, 0.15) is 5.82 Å². The molecule has 0 radical (unpaired) electrons. The monoisotopic (exact) mass is 256 g/mol. The van der Waals surface area contributed by atoms with Gasteiger partial charge in [0.05, 0.1) is 0 Å². The lowest BCUT2D eigenvalue weighted by Gasteiger charge is -1.93. The van der Waals surface area contributed by atoms with E-state index in [9.17, 15) is 4.39 Å². The summed E-state index contributed by atoms with van der Waals surface area (Å²) in [6.07, 6.45) is 1.29. The van der Waals surface area contributed by atoms with Crippen molar-refractivity contribution >= 4 is 15.9 Å². The van der Waals surface area contributed by atoms with E-state index in [2.05, 4.69) is 27.8 Å². The summed E-state index contributed by atoms with van der Waals surface area (Å²) in [4.78, 5) is 0. The minimum Gasteiger partial charge on any atom is -0.396 e. The molecular formula is C11H10BrFO. The van der Waals surface area contributed by atoms with Crippen LogP contribution < -0.4 is 0 Å². The molecule has 1 aromatic carbocycles. The smallest absolute Gasteiger partial charge is 0.125 e. The van der Waals surface area contributed by atoms with Gasteiger partial charge in [-0.2, -0.15) is 0 Å². The maximum absolute atomic E-state index is 12.9. The molecule has 0 bridgehead atoms. The normalized spacial score (nSPS) is 9.36. The number of unbranched alkanes of at least 4 members (excludes halogenated alkanes) is 1.